The molecule has 0 aromatic carbocycles. The highest BCUT2D eigenvalue weighted by Gasteiger charge is 2.27. The number of pyridine rings is 1. The van der Waals surface area contributed by atoms with E-state index in [9.17, 15) is 9.00 Å². The molecule has 9 heteroatoms. The van der Waals surface area contributed by atoms with Crippen LogP contribution in [0.5, 0.6) is 0 Å². The fraction of sp³-hybridized carbons (Fsp3) is 0.526. The average Bonchev–Trinajstić information content (AvgIpc) is 3.32. The number of nitrogens with one attached hydrogen (secondary N) is 1. The maximum atomic E-state index is 13.0. The Morgan fingerprint density at radius 1 is 1.21 bits per heavy atom. The third kappa shape index (κ3) is 3.33. The van der Waals surface area contributed by atoms with E-state index in [1.807, 2.05) is 13.8 Å². The molecule has 2 aliphatic carbocycles. The Hall–Kier alpha value is -2.26. The minimum atomic E-state index is -3.44. The van der Waals surface area contributed by atoms with Gasteiger partial charge in [0.1, 0.15) is 0 Å². The van der Waals surface area contributed by atoms with Gasteiger partial charge in [-0.1, -0.05) is 0 Å². The van der Waals surface area contributed by atoms with Crippen molar-refractivity contribution in [3.63, 3.8) is 0 Å². The number of nitrogens with two attached hydrogens (primary N) is 1. The van der Waals surface area contributed by atoms with Gasteiger partial charge in [-0.05, 0) is 70.4 Å². The number of carbonyl (C=O) groups excluding carboxylic acids is 1. The first-order valence-electron chi connectivity index (χ1n) is 9.71. The van der Waals surface area contributed by atoms with Crippen LogP contribution in [0.1, 0.15) is 60.8 Å². The predicted molar refractivity (Wildman–Crippen MR) is 108 cm³/mol. The van der Waals surface area contributed by atoms with E-state index in [0.717, 1.165) is 66.7 Å². The molecule has 2 aromatic heterocycles. The molecule has 0 saturated carbocycles. The third-order valence-corrected chi connectivity index (χ3v) is 6.77. The molecule has 0 radical (unpaired) electrons. The molecule has 1 unspecified atom stereocenters. The van der Waals surface area contributed by atoms with E-state index in [1.165, 1.54) is 0 Å². The van der Waals surface area contributed by atoms with Gasteiger partial charge in [0.15, 0.2) is 14.9 Å². The van der Waals surface area contributed by atoms with Crippen molar-refractivity contribution in [2.24, 2.45) is 9.50 Å². The van der Waals surface area contributed by atoms with Gasteiger partial charge in [-0.15, -0.1) is 4.36 Å². The van der Waals surface area contributed by atoms with E-state index in [-0.39, 0.29) is 11.1 Å². The number of rotatable bonds is 3. The van der Waals surface area contributed by atoms with Crippen LogP contribution in [0.25, 0.3) is 0 Å². The standard InChI is InChI=1S/C19H26N6O2S/c1-11(2)25-10-12(3)18(23-25)28(20,27)24-19(26)22-17-13-6-4-8-15(13)21-16-9-5-7-14(16)17/h10-11H,4-9H2,1-3H3,(H3,20,21,22,24,26,27). The lowest BCUT2D eigenvalue weighted by Crippen LogP contribution is -2.20. The SMILES string of the molecule is Cc1cn(C(C)C)nc1S(N)(=O)=NC(=O)Nc1c2c(nc3c1CCC3)CCC2. The van der Waals surface area contributed by atoms with Crippen molar-refractivity contribution in [1.29, 1.82) is 0 Å². The molecule has 2 heterocycles. The zero-order valence-corrected chi connectivity index (χ0v) is 17.3. The Kier molecular flexibility index (Phi) is 4.75. The Bertz CT molecular complexity index is 1050. The molecule has 3 N–H and O–H groups in total. The zero-order valence-electron chi connectivity index (χ0n) is 16.5. The second-order valence-corrected chi connectivity index (χ2v) is 9.53. The second kappa shape index (κ2) is 6.97. The van der Waals surface area contributed by atoms with Gasteiger partial charge in [-0.2, -0.15) is 5.10 Å². The summed E-state index contributed by atoms with van der Waals surface area (Å²) in [6.07, 6.45) is 7.48. The molecule has 4 rings (SSSR count). The van der Waals surface area contributed by atoms with Crippen molar-refractivity contribution in [3.05, 3.63) is 34.3 Å². The molecular weight excluding hydrogens is 376 g/mol. The van der Waals surface area contributed by atoms with Crippen LogP contribution in [0.2, 0.25) is 0 Å². The summed E-state index contributed by atoms with van der Waals surface area (Å²) in [5.41, 5.74) is 5.78. The highest BCUT2D eigenvalue weighted by Crippen LogP contribution is 2.36. The van der Waals surface area contributed by atoms with Crippen LogP contribution in [0.15, 0.2) is 15.6 Å². The smallest absolute Gasteiger partial charge is 0.305 e. The lowest BCUT2D eigenvalue weighted by Gasteiger charge is -2.14. The van der Waals surface area contributed by atoms with Gasteiger partial charge >= 0.3 is 6.03 Å². The molecule has 8 nitrogen and oxygen atoms in total. The number of urea groups is 1. The van der Waals surface area contributed by atoms with Crippen LogP contribution in [-0.4, -0.2) is 25.0 Å². The molecule has 0 spiro atoms. The fourth-order valence-electron chi connectivity index (χ4n) is 4.05. The largest absolute Gasteiger partial charge is 0.354 e. The molecule has 1 atom stereocenters. The molecule has 28 heavy (non-hydrogen) atoms. The molecule has 0 saturated heterocycles. The summed E-state index contributed by atoms with van der Waals surface area (Å²) >= 11 is 0. The van der Waals surface area contributed by atoms with Crippen molar-refractivity contribution >= 4 is 21.6 Å². The first-order valence-corrected chi connectivity index (χ1v) is 11.3. The van der Waals surface area contributed by atoms with Crippen molar-refractivity contribution in [1.82, 2.24) is 14.8 Å². The Labute approximate surface area is 165 Å². The van der Waals surface area contributed by atoms with E-state index in [2.05, 4.69) is 14.8 Å². The van der Waals surface area contributed by atoms with Gasteiger partial charge in [0.2, 0.25) is 0 Å². The number of anilines is 1. The number of hydrogen-bond acceptors (Lipinski definition) is 4. The minimum absolute atomic E-state index is 0.0958. The normalized spacial score (nSPS) is 17.3. The predicted octanol–water partition coefficient (Wildman–Crippen LogP) is 3.08. The summed E-state index contributed by atoms with van der Waals surface area (Å²) in [7, 11) is -3.44. The quantitative estimate of drug-likeness (QED) is 0.821. The highest BCUT2D eigenvalue weighted by molar-refractivity contribution is 7.91. The molecule has 2 amide bonds. The maximum absolute atomic E-state index is 13.0. The monoisotopic (exact) mass is 402 g/mol. The Morgan fingerprint density at radius 2 is 1.82 bits per heavy atom. The third-order valence-electron chi connectivity index (χ3n) is 5.38. The van der Waals surface area contributed by atoms with Crippen molar-refractivity contribution < 1.29 is 9.00 Å². The zero-order chi connectivity index (χ0) is 20.1. The van der Waals surface area contributed by atoms with Crippen LogP contribution in [0, 0.1) is 6.92 Å². The van der Waals surface area contributed by atoms with Crippen LogP contribution in [-0.2, 0) is 35.6 Å². The van der Waals surface area contributed by atoms with Gasteiger partial charge in [0, 0.05) is 29.2 Å². The van der Waals surface area contributed by atoms with Crippen molar-refractivity contribution in [2.45, 2.75) is 70.4 Å². The number of nitrogens with zero attached hydrogens (tertiary/aromatic N) is 4. The van der Waals surface area contributed by atoms with Crippen LogP contribution in [0.3, 0.4) is 0 Å². The van der Waals surface area contributed by atoms with Gasteiger partial charge in [0.25, 0.3) is 0 Å². The first kappa shape index (κ1) is 19.1. The molecule has 2 aromatic rings. The van der Waals surface area contributed by atoms with Crippen molar-refractivity contribution in [2.75, 3.05) is 5.32 Å². The topological polar surface area (TPSA) is 115 Å². The summed E-state index contributed by atoms with van der Waals surface area (Å²) in [6, 6.07) is -0.598. The maximum Gasteiger partial charge on any atom is 0.354 e. The van der Waals surface area contributed by atoms with E-state index in [0.29, 0.717) is 5.56 Å². The number of aromatic nitrogens is 3. The number of fused-ring (bicyclic) bond motifs is 2. The van der Waals surface area contributed by atoms with Gasteiger partial charge in [-0.3, -0.25) is 9.67 Å². The second-order valence-electron chi connectivity index (χ2n) is 7.83. The summed E-state index contributed by atoms with van der Waals surface area (Å²) in [4.78, 5) is 17.4. The molecular formula is C19H26N6O2S. The van der Waals surface area contributed by atoms with E-state index >= 15 is 0 Å². The minimum Gasteiger partial charge on any atom is -0.305 e. The molecule has 0 fully saturated rings. The van der Waals surface area contributed by atoms with Crippen LogP contribution < -0.4 is 10.5 Å². The van der Waals surface area contributed by atoms with Gasteiger partial charge < -0.3 is 5.32 Å². The van der Waals surface area contributed by atoms with Crippen LogP contribution in [0.4, 0.5) is 10.5 Å². The summed E-state index contributed by atoms with van der Waals surface area (Å²) < 4.78 is 18.5. The summed E-state index contributed by atoms with van der Waals surface area (Å²) in [6.45, 7) is 5.69. The Balaban J connectivity index is 1.68. The van der Waals surface area contributed by atoms with Crippen molar-refractivity contribution in [3.8, 4) is 0 Å². The number of aryl methyl sites for hydroxylation is 3. The van der Waals surface area contributed by atoms with E-state index in [4.69, 9.17) is 10.1 Å². The fourth-order valence-corrected chi connectivity index (χ4v) is 5.16. The molecule has 0 aliphatic heterocycles. The van der Waals surface area contributed by atoms with E-state index in [1.54, 1.807) is 17.8 Å². The number of hydrogen-bond donors (Lipinski definition) is 2. The molecule has 150 valence electrons. The summed E-state index contributed by atoms with van der Waals surface area (Å²) in [5, 5.41) is 13.3. The Morgan fingerprint density at radius 3 is 2.36 bits per heavy atom. The number of amides is 2. The highest BCUT2D eigenvalue weighted by atomic mass is 32.2. The molecule has 2 aliphatic rings. The van der Waals surface area contributed by atoms with Gasteiger partial charge in [-0.25, -0.2) is 14.1 Å². The number of carbonyl (C=O) groups is 1. The molecule has 0 bridgehead atoms. The van der Waals surface area contributed by atoms with Crippen LogP contribution >= 0.6 is 0 Å². The lowest BCUT2D eigenvalue weighted by molar-refractivity contribution is 0.260. The van der Waals surface area contributed by atoms with E-state index < -0.39 is 15.9 Å². The summed E-state index contributed by atoms with van der Waals surface area (Å²) in [5.74, 6) is 0. The lowest BCUT2D eigenvalue weighted by atomic mass is 10.1. The average molecular weight is 403 g/mol. The first-order chi connectivity index (χ1) is 13.3. The van der Waals surface area contributed by atoms with Gasteiger partial charge in [0.05, 0.1) is 5.69 Å².